The third-order valence-corrected chi connectivity index (χ3v) is 19.0. The number of aliphatic hydroxyl groups is 2. The van der Waals surface area contributed by atoms with Gasteiger partial charge in [-0.15, -0.1) is 0 Å². The van der Waals surface area contributed by atoms with Crippen molar-refractivity contribution in [2.45, 2.75) is 157 Å². The fraction of sp³-hybridized carbons (Fsp3) is 0.500. The van der Waals surface area contributed by atoms with E-state index >= 15 is 4.79 Å². The molecule has 117 heavy (non-hydrogen) atoms. The number of hydrogen-bond donors (Lipinski definition) is 21. The molecule has 1 heterocycles. The van der Waals surface area contributed by atoms with Crippen LogP contribution < -0.4 is 53.6 Å². The Labute approximate surface area is 671 Å². The van der Waals surface area contributed by atoms with Crippen molar-refractivity contribution in [3.8, 4) is 5.75 Å². The van der Waals surface area contributed by atoms with Gasteiger partial charge in [0.15, 0.2) is 6.29 Å². The summed E-state index contributed by atoms with van der Waals surface area (Å²) in [6.07, 6.45) is -6.68. The molecule has 1 saturated heterocycles. The van der Waals surface area contributed by atoms with Crippen LogP contribution in [0.3, 0.4) is 0 Å². The molecule has 41 nitrogen and oxygen atoms in total. The number of unbranched alkanes of at least 4 members (excludes halogenated alkanes) is 1. The number of nitrogens with two attached hydrogens (primary N) is 1. The lowest BCUT2D eigenvalue weighted by atomic mass is 9.99. The van der Waals surface area contributed by atoms with Crippen LogP contribution in [0.1, 0.15) is 100 Å². The largest absolute Gasteiger partial charge is 0.508 e. The number of amides is 9. The molecule has 0 saturated carbocycles. The molecule has 4 unspecified atom stereocenters. The Kier molecular flexibility index (Phi) is 40.4. The van der Waals surface area contributed by atoms with Crippen LogP contribution in [-0.2, 0) is 91.2 Å². The second-order valence-corrected chi connectivity index (χ2v) is 28.1. The van der Waals surface area contributed by atoms with E-state index in [1.807, 2.05) is 28.8 Å². The van der Waals surface area contributed by atoms with E-state index in [1.165, 1.54) is 43.9 Å². The highest BCUT2D eigenvalue weighted by Crippen LogP contribution is 2.20. The van der Waals surface area contributed by atoms with Crippen LogP contribution >= 0.6 is 0 Å². The van der Waals surface area contributed by atoms with Gasteiger partial charge in [-0.3, -0.25) is 77.1 Å². The maximum absolute atomic E-state index is 15.0. The number of carboxylic acids is 8. The Morgan fingerprint density at radius 1 is 0.368 bits per heavy atom. The zero-order valence-electron chi connectivity index (χ0n) is 64.2. The van der Waals surface area contributed by atoms with E-state index in [-0.39, 0.29) is 142 Å². The highest BCUT2D eigenvalue weighted by molar-refractivity contribution is 5.95. The van der Waals surface area contributed by atoms with Gasteiger partial charge in [0, 0.05) is 123 Å². The minimum Gasteiger partial charge on any atom is -0.508 e. The molecule has 4 aromatic carbocycles. The number of carbonyl (C=O) groups excluding carboxylic acids is 8. The van der Waals surface area contributed by atoms with Crippen molar-refractivity contribution in [2.75, 3.05) is 90.8 Å². The van der Waals surface area contributed by atoms with Gasteiger partial charge < -0.3 is 110 Å². The molecule has 640 valence electrons. The lowest BCUT2D eigenvalue weighted by molar-refractivity contribution is -0.145. The molecule has 22 N–H and O–H groups in total. The third kappa shape index (κ3) is 36.9. The molecular formula is C76H104N14O27. The molecule has 5 rings (SSSR count). The molecule has 1 aliphatic heterocycles. The number of aliphatic hydroxyl groups excluding tert-OH is 1. The fourth-order valence-corrected chi connectivity index (χ4v) is 12.6. The lowest BCUT2D eigenvalue weighted by Crippen LogP contribution is -2.59. The number of aromatic hydroxyl groups is 1. The summed E-state index contributed by atoms with van der Waals surface area (Å²) in [5, 5.41) is 132. The van der Waals surface area contributed by atoms with E-state index in [2.05, 4.69) is 37.2 Å². The van der Waals surface area contributed by atoms with Crippen LogP contribution in [0.5, 0.6) is 5.75 Å². The minimum absolute atomic E-state index is 0.00625. The first kappa shape index (κ1) is 95.4. The number of fused-ring (bicyclic) bond motifs is 1. The average Bonchev–Trinajstić information content (AvgIpc) is 0.826. The number of hydrogen-bond acceptors (Lipinski definition) is 24. The fourth-order valence-electron chi connectivity index (χ4n) is 12.6. The lowest BCUT2D eigenvalue weighted by Gasteiger charge is -2.35. The molecule has 0 aliphatic carbocycles. The quantitative estimate of drug-likeness (QED) is 0.0123. The van der Waals surface area contributed by atoms with Crippen molar-refractivity contribution in [3.63, 3.8) is 0 Å². The number of phenolic OH excluding ortho intramolecular Hbond substituents is 1. The molecule has 0 spiro atoms. The second-order valence-electron chi connectivity index (χ2n) is 28.1. The van der Waals surface area contributed by atoms with Gasteiger partial charge in [0.1, 0.15) is 48.0 Å². The van der Waals surface area contributed by atoms with Gasteiger partial charge in [-0.1, -0.05) is 66.7 Å². The maximum atomic E-state index is 15.0. The van der Waals surface area contributed by atoms with Gasteiger partial charge >= 0.3 is 53.8 Å². The van der Waals surface area contributed by atoms with Gasteiger partial charge in [0.05, 0.1) is 25.7 Å². The van der Waals surface area contributed by atoms with E-state index in [4.69, 9.17) is 10.8 Å². The number of phenols is 1. The third-order valence-electron chi connectivity index (χ3n) is 19.0. The van der Waals surface area contributed by atoms with Crippen molar-refractivity contribution in [1.29, 1.82) is 0 Å². The number of rotatable bonds is 49. The number of aliphatic carboxylic acids is 8. The van der Waals surface area contributed by atoms with E-state index in [1.54, 1.807) is 48.5 Å². The second kappa shape index (κ2) is 49.6. The molecule has 0 radical (unpaired) electrons. The summed E-state index contributed by atoms with van der Waals surface area (Å²) in [5.74, 6) is -16.8. The van der Waals surface area contributed by atoms with E-state index in [0.29, 0.717) is 22.4 Å². The highest BCUT2D eigenvalue weighted by Gasteiger charge is 2.35. The first-order valence-corrected chi connectivity index (χ1v) is 37.8. The Morgan fingerprint density at radius 3 is 1.25 bits per heavy atom. The van der Waals surface area contributed by atoms with Crippen LogP contribution in [0.15, 0.2) is 91.0 Å². The van der Waals surface area contributed by atoms with E-state index in [9.17, 15) is 123 Å². The predicted octanol–water partition coefficient (Wildman–Crippen LogP) is -2.50. The number of nitrogens with zero attached hydrogens (tertiary/aromatic N) is 4. The summed E-state index contributed by atoms with van der Waals surface area (Å²) in [6, 6.07) is 10.8. The van der Waals surface area contributed by atoms with Crippen molar-refractivity contribution in [2.24, 2.45) is 0 Å². The Morgan fingerprint density at radius 2 is 0.778 bits per heavy atom. The number of nitrogen functional groups attached to an aromatic ring is 1. The van der Waals surface area contributed by atoms with Gasteiger partial charge in [-0.25, -0.2) is 19.2 Å². The molecular weight excluding hydrogens is 1540 g/mol. The van der Waals surface area contributed by atoms with E-state index < -0.39 is 201 Å². The van der Waals surface area contributed by atoms with E-state index in [0.717, 1.165) is 10.8 Å². The molecule has 9 amide bonds. The molecule has 4 aromatic rings. The summed E-state index contributed by atoms with van der Waals surface area (Å²) in [6.45, 7) is -1.47. The first-order chi connectivity index (χ1) is 55.5. The molecule has 0 aromatic heterocycles. The number of anilines is 1. The number of benzene rings is 4. The Balaban J connectivity index is 1.23. The van der Waals surface area contributed by atoms with Crippen molar-refractivity contribution < 1.29 is 133 Å². The van der Waals surface area contributed by atoms with Crippen LogP contribution in [0.2, 0.25) is 0 Å². The Bertz CT molecular complexity index is 4030. The standard InChI is InChI=1S/C76H104N14O27/c77-50-16-11-45(12-17-50)39-56(81-63(95)24-22-59(75(115)116)90-36-34-88(43-66(100)101)32-30-87(42-65(98)99)31-33-89(35-37-90)44-67(102)103)68(104)83-57(40-46-13-18-51(91)19-14-46)70(106)84-58(41-47-10-15-48-6-1-2-7-49(48)38-47)69(105)82-53(72(109)110)8-3-4-28-78-60(92)25-26-61(93)79-29-5-9-52(71(107)108)80-62(94)23-20-54(73(111)112)85-76(117)86-55(74(113)114)21-27-64(96)97/h1-2,6-7,10-19,38,52-59,72,91,109-110H,3-5,8-9,20-37,39-44,77H2,(H,78,92)(H,79,93)(H,80,94)(H,81,95)(H,82,105)(H,83,104)(H,84,106)(H,96,97)(H,98,99)(H,100,101)(H,102,103)(H,107,108)(H,111,112)(H,113,114)(H,115,116)(H2,85,86,117)/t52?,53-,54+,55+,56?,57-,58?,59?/m1/s1. The van der Waals surface area contributed by atoms with Crippen molar-refractivity contribution in [1.82, 2.24) is 67.5 Å². The maximum Gasteiger partial charge on any atom is 0.326 e. The zero-order chi connectivity index (χ0) is 86.3. The number of carboxylic acid groups (broad SMARTS) is 8. The van der Waals surface area contributed by atoms with Gasteiger partial charge in [-0.2, -0.15) is 0 Å². The van der Waals surface area contributed by atoms with Crippen LogP contribution in [-0.4, -0.2) is 311 Å². The zero-order valence-corrected chi connectivity index (χ0v) is 64.2. The summed E-state index contributed by atoms with van der Waals surface area (Å²) >= 11 is 0. The summed E-state index contributed by atoms with van der Waals surface area (Å²) < 4.78 is 0. The minimum atomic E-state index is -2.17. The first-order valence-electron chi connectivity index (χ1n) is 37.8. The molecule has 1 fully saturated rings. The summed E-state index contributed by atoms with van der Waals surface area (Å²) in [7, 11) is 0. The van der Waals surface area contributed by atoms with Crippen molar-refractivity contribution >= 4 is 112 Å². The van der Waals surface area contributed by atoms with Crippen LogP contribution in [0, 0.1) is 0 Å². The monoisotopic (exact) mass is 1640 g/mol. The predicted molar refractivity (Wildman–Crippen MR) is 413 cm³/mol. The summed E-state index contributed by atoms with van der Waals surface area (Å²) in [5.41, 5.74) is 7.75. The molecule has 1 aliphatic rings. The number of nitrogens with one attached hydrogen (secondary N) is 9. The average molecular weight is 1650 g/mol. The molecule has 8 atom stereocenters. The molecule has 0 bridgehead atoms. The molecule has 41 heteroatoms. The topological polar surface area (TPSA) is 643 Å². The normalized spacial score (nSPS) is 15.2. The van der Waals surface area contributed by atoms with Crippen LogP contribution in [0.25, 0.3) is 10.8 Å². The number of urea groups is 1. The highest BCUT2D eigenvalue weighted by atomic mass is 16.5. The SMILES string of the molecule is Nc1ccc(CC(NC(=O)CCC(C(=O)O)N2CCN(CC(=O)O)CCN(CC(=O)O)CCN(CC(=O)O)CC2)C(=O)N[C@H](Cc2ccc(O)cc2)C(=O)NC(Cc2ccc3ccccc3c2)C(=O)N[C@H](CCCCNC(=O)CCC(=O)NCCCC(NC(=O)CC[C@H](NC(=O)N[C@@H](CCC(=O)O)C(=O)O)C(=O)O)C(=O)O)C(O)O)cc1. The van der Waals surface area contributed by atoms with Gasteiger partial charge in [-0.05, 0) is 103 Å². The smallest absolute Gasteiger partial charge is 0.326 e. The van der Waals surface area contributed by atoms with Crippen LogP contribution in [0.4, 0.5) is 10.5 Å². The van der Waals surface area contributed by atoms with Gasteiger partial charge in [0.25, 0.3) is 0 Å². The van der Waals surface area contributed by atoms with Gasteiger partial charge in [0.2, 0.25) is 41.4 Å². The van der Waals surface area contributed by atoms with Crippen molar-refractivity contribution in [3.05, 3.63) is 108 Å². The number of carbonyl (C=O) groups is 16. The summed E-state index contributed by atoms with van der Waals surface area (Å²) in [4.78, 5) is 210. The Hall–Kier alpha value is -12.2.